The predicted octanol–water partition coefficient (Wildman–Crippen LogP) is 1.70. The smallest absolute Gasteiger partial charge is 0.130 e. The molecule has 0 aromatic carbocycles. The van der Waals surface area contributed by atoms with Crippen molar-refractivity contribution in [3.63, 3.8) is 0 Å². The van der Waals surface area contributed by atoms with Crippen molar-refractivity contribution in [3.8, 4) is 6.07 Å². The third-order valence-electron chi connectivity index (χ3n) is 1.04. The van der Waals surface area contributed by atoms with E-state index < -0.39 is 0 Å². The predicted molar refractivity (Wildman–Crippen MR) is 39.6 cm³/mol. The lowest BCUT2D eigenvalue weighted by Crippen LogP contribution is -1.91. The third-order valence-corrected chi connectivity index (χ3v) is 1.04. The van der Waals surface area contributed by atoms with Crippen LogP contribution >= 0.6 is 0 Å². The molecule has 0 radical (unpaired) electrons. The largest absolute Gasteiger partial charge is 0.395 e. The number of hydrogen-bond donors (Lipinski definition) is 0. The minimum Gasteiger partial charge on any atom is -0.395 e. The van der Waals surface area contributed by atoms with Crippen molar-refractivity contribution in [3.05, 3.63) is 0 Å². The summed E-state index contributed by atoms with van der Waals surface area (Å²) in [6.07, 6.45) is 1.30. The molecule has 3 heteroatoms. The first-order chi connectivity index (χ1) is 4.81. The Labute approximate surface area is 61.3 Å². The zero-order valence-corrected chi connectivity index (χ0v) is 6.42. The maximum absolute atomic E-state index is 8.11. The molecular formula is C7H12N2O. The Hall–Kier alpha value is -1.04. The van der Waals surface area contributed by atoms with E-state index in [4.69, 9.17) is 10.1 Å². The Morgan fingerprint density at radius 3 is 2.90 bits per heavy atom. The van der Waals surface area contributed by atoms with E-state index in [0.29, 0.717) is 13.0 Å². The molecule has 0 aromatic heterocycles. The highest BCUT2D eigenvalue weighted by Gasteiger charge is 1.85. The highest BCUT2D eigenvalue weighted by molar-refractivity contribution is 5.80. The molecule has 0 heterocycles. The molecular weight excluding hydrogens is 128 g/mol. The molecule has 0 spiro atoms. The summed E-state index contributed by atoms with van der Waals surface area (Å²) in [5.74, 6) is 0. The molecule has 0 aromatic rings. The molecule has 0 bridgehead atoms. The molecule has 0 atom stereocenters. The number of nitriles is 1. The standard InChI is InChI=1S/C7H12N2O/c1-3-7(2)9-10-6-4-5-8/h3-4,6H2,1-2H3. The lowest BCUT2D eigenvalue weighted by atomic mass is 10.3. The van der Waals surface area contributed by atoms with Gasteiger partial charge in [-0.1, -0.05) is 12.1 Å². The summed E-state index contributed by atoms with van der Waals surface area (Å²) in [6.45, 7) is 4.30. The van der Waals surface area contributed by atoms with Gasteiger partial charge in [0.2, 0.25) is 0 Å². The van der Waals surface area contributed by atoms with Crippen molar-refractivity contribution < 1.29 is 4.84 Å². The van der Waals surface area contributed by atoms with E-state index in [9.17, 15) is 0 Å². The van der Waals surface area contributed by atoms with Crippen molar-refractivity contribution in [2.75, 3.05) is 6.61 Å². The van der Waals surface area contributed by atoms with Gasteiger partial charge in [-0.15, -0.1) is 0 Å². The minimum atomic E-state index is 0.397. The van der Waals surface area contributed by atoms with E-state index in [1.165, 1.54) is 0 Å². The lowest BCUT2D eigenvalue weighted by Gasteiger charge is -1.95. The van der Waals surface area contributed by atoms with E-state index >= 15 is 0 Å². The molecule has 3 nitrogen and oxygen atoms in total. The van der Waals surface area contributed by atoms with Gasteiger partial charge in [0.1, 0.15) is 6.61 Å². The molecule has 56 valence electrons. The number of oxime groups is 1. The maximum Gasteiger partial charge on any atom is 0.130 e. The summed E-state index contributed by atoms with van der Waals surface area (Å²) < 4.78 is 0. The van der Waals surface area contributed by atoms with Gasteiger partial charge in [-0.3, -0.25) is 0 Å². The maximum atomic E-state index is 8.11. The van der Waals surface area contributed by atoms with Gasteiger partial charge in [-0.05, 0) is 13.3 Å². The van der Waals surface area contributed by atoms with Gasteiger partial charge < -0.3 is 4.84 Å². The van der Waals surface area contributed by atoms with Gasteiger partial charge in [0, 0.05) is 0 Å². The van der Waals surface area contributed by atoms with Gasteiger partial charge >= 0.3 is 0 Å². The van der Waals surface area contributed by atoms with Crippen LogP contribution in [-0.2, 0) is 4.84 Å². The fourth-order valence-electron chi connectivity index (χ4n) is 0.312. The van der Waals surface area contributed by atoms with Crippen LogP contribution in [0.3, 0.4) is 0 Å². The van der Waals surface area contributed by atoms with Crippen LogP contribution in [0.25, 0.3) is 0 Å². The van der Waals surface area contributed by atoms with Crippen molar-refractivity contribution >= 4 is 5.71 Å². The Balaban J connectivity index is 3.27. The van der Waals surface area contributed by atoms with Gasteiger partial charge in [0.15, 0.2) is 0 Å². The third kappa shape index (κ3) is 5.10. The van der Waals surface area contributed by atoms with Crippen LogP contribution in [0.4, 0.5) is 0 Å². The van der Waals surface area contributed by atoms with Crippen LogP contribution < -0.4 is 0 Å². The number of rotatable bonds is 4. The Kier molecular flexibility index (Phi) is 5.45. The molecule has 0 fully saturated rings. The lowest BCUT2D eigenvalue weighted by molar-refractivity contribution is 0.149. The van der Waals surface area contributed by atoms with Crippen molar-refractivity contribution in [2.45, 2.75) is 26.7 Å². The summed E-state index contributed by atoms with van der Waals surface area (Å²) in [5, 5.41) is 11.9. The van der Waals surface area contributed by atoms with E-state index in [2.05, 4.69) is 5.16 Å². The highest BCUT2D eigenvalue weighted by Crippen LogP contribution is 1.87. The first-order valence-corrected chi connectivity index (χ1v) is 3.33. The Bertz CT molecular complexity index is 146. The normalized spacial score (nSPS) is 10.7. The van der Waals surface area contributed by atoms with Crippen LogP contribution in [0.2, 0.25) is 0 Å². The van der Waals surface area contributed by atoms with E-state index in [-0.39, 0.29) is 0 Å². The molecule has 0 aliphatic carbocycles. The molecule has 0 saturated carbocycles. The van der Waals surface area contributed by atoms with Crippen LogP contribution in [0.15, 0.2) is 5.16 Å². The van der Waals surface area contributed by atoms with E-state index in [0.717, 1.165) is 12.1 Å². The topological polar surface area (TPSA) is 45.4 Å². The quantitative estimate of drug-likeness (QED) is 0.339. The van der Waals surface area contributed by atoms with Gasteiger partial charge in [-0.2, -0.15) is 5.26 Å². The van der Waals surface area contributed by atoms with Gasteiger partial charge in [0.05, 0.1) is 18.2 Å². The van der Waals surface area contributed by atoms with Gasteiger partial charge in [0.25, 0.3) is 0 Å². The Morgan fingerprint density at radius 1 is 1.70 bits per heavy atom. The second-order valence-electron chi connectivity index (χ2n) is 1.92. The average molecular weight is 140 g/mol. The highest BCUT2D eigenvalue weighted by atomic mass is 16.6. The molecule has 0 aliphatic heterocycles. The summed E-state index contributed by atoms with van der Waals surface area (Å²) in [5.41, 5.74) is 0.956. The van der Waals surface area contributed by atoms with Crippen molar-refractivity contribution in [1.29, 1.82) is 5.26 Å². The van der Waals surface area contributed by atoms with Crippen LogP contribution in [0, 0.1) is 11.3 Å². The SMILES string of the molecule is CCC(C)=NOCCC#N. The molecule has 0 rings (SSSR count). The monoisotopic (exact) mass is 140 g/mol. The second-order valence-corrected chi connectivity index (χ2v) is 1.92. The van der Waals surface area contributed by atoms with Crippen molar-refractivity contribution in [2.24, 2.45) is 5.16 Å². The molecule has 10 heavy (non-hydrogen) atoms. The summed E-state index contributed by atoms with van der Waals surface area (Å²) in [7, 11) is 0. The zero-order valence-electron chi connectivity index (χ0n) is 6.42. The molecule has 0 aliphatic rings. The van der Waals surface area contributed by atoms with Gasteiger partial charge in [-0.25, -0.2) is 0 Å². The Morgan fingerprint density at radius 2 is 2.40 bits per heavy atom. The van der Waals surface area contributed by atoms with Crippen LogP contribution in [0.1, 0.15) is 26.7 Å². The fraction of sp³-hybridized carbons (Fsp3) is 0.714. The zero-order chi connectivity index (χ0) is 7.82. The average Bonchev–Trinajstić information content (AvgIpc) is 1.98. The molecule has 0 unspecified atom stereocenters. The first-order valence-electron chi connectivity index (χ1n) is 3.33. The minimum absolute atomic E-state index is 0.397. The second kappa shape index (κ2) is 6.09. The van der Waals surface area contributed by atoms with E-state index in [1.807, 2.05) is 19.9 Å². The number of hydrogen-bond acceptors (Lipinski definition) is 3. The first kappa shape index (κ1) is 8.96. The molecule has 0 amide bonds. The molecule has 0 saturated heterocycles. The fourth-order valence-corrected chi connectivity index (χ4v) is 0.312. The summed E-state index contributed by atoms with van der Waals surface area (Å²) >= 11 is 0. The van der Waals surface area contributed by atoms with Crippen LogP contribution in [0.5, 0.6) is 0 Å². The van der Waals surface area contributed by atoms with Crippen molar-refractivity contribution in [1.82, 2.24) is 0 Å². The number of nitrogens with zero attached hydrogens (tertiary/aromatic N) is 2. The van der Waals surface area contributed by atoms with Crippen LogP contribution in [-0.4, -0.2) is 12.3 Å². The molecule has 0 N–H and O–H groups in total. The summed E-state index contributed by atoms with van der Waals surface area (Å²) in [6, 6.07) is 1.97. The van der Waals surface area contributed by atoms with E-state index in [1.54, 1.807) is 0 Å². The summed E-state index contributed by atoms with van der Waals surface area (Å²) in [4.78, 5) is 4.79.